The van der Waals surface area contributed by atoms with Crippen molar-refractivity contribution >= 4 is 7.26 Å². The Morgan fingerprint density at radius 1 is 1.14 bits per heavy atom. The van der Waals surface area contributed by atoms with Crippen molar-refractivity contribution in [2.45, 2.75) is 6.92 Å². The van der Waals surface area contributed by atoms with E-state index < -0.39 is 7.26 Å². The Hall–Kier alpha value is -0.0100. The van der Waals surface area contributed by atoms with E-state index in [1.807, 2.05) is 6.92 Å². The van der Waals surface area contributed by atoms with Crippen molar-refractivity contribution in [3.8, 4) is 11.6 Å². The van der Waals surface area contributed by atoms with Crippen molar-refractivity contribution in [1.82, 2.24) is 0 Å². The first-order chi connectivity index (χ1) is 3.06. The van der Waals surface area contributed by atoms with Crippen LogP contribution in [0.3, 0.4) is 0 Å². The summed E-state index contributed by atoms with van der Waals surface area (Å²) in [6.45, 7) is 8.53. The first kappa shape index (κ1) is 6.99. The summed E-state index contributed by atoms with van der Waals surface area (Å²) in [5.74, 6) is 2.91. The highest BCUT2D eigenvalue weighted by Crippen LogP contribution is 2.44. The van der Waals surface area contributed by atoms with Gasteiger partial charge in [-0.15, -0.1) is 0 Å². The minimum Gasteiger partial charge on any atom is -0.0636 e. The molecular formula is C6H12P+. The van der Waals surface area contributed by atoms with Crippen LogP contribution < -0.4 is 0 Å². The SMILES string of the molecule is CC#C[P+](C)(C)C. The van der Waals surface area contributed by atoms with Gasteiger partial charge in [0.15, 0.2) is 0 Å². The van der Waals surface area contributed by atoms with E-state index in [-0.39, 0.29) is 0 Å². The lowest BCUT2D eigenvalue weighted by Gasteiger charge is -1.96. The first-order valence-corrected chi connectivity index (χ1v) is 5.45. The largest absolute Gasteiger partial charge is 0.0830 e. The predicted molar refractivity (Wildman–Crippen MR) is 38.1 cm³/mol. The zero-order valence-electron chi connectivity index (χ0n) is 5.45. The maximum atomic E-state index is 3.15. The minimum absolute atomic E-state index is 0.777. The molecule has 0 fully saturated rings. The first-order valence-electron chi connectivity index (χ1n) is 2.32. The van der Waals surface area contributed by atoms with Crippen LogP contribution in [0.2, 0.25) is 0 Å². The van der Waals surface area contributed by atoms with Crippen LogP contribution in [0.25, 0.3) is 0 Å². The van der Waals surface area contributed by atoms with E-state index in [0.717, 1.165) is 0 Å². The quantitative estimate of drug-likeness (QED) is 0.334. The Kier molecular flexibility index (Phi) is 2.33. The van der Waals surface area contributed by atoms with Crippen LogP contribution >= 0.6 is 7.26 Å². The highest BCUT2D eigenvalue weighted by molar-refractivity contribution is 7.78. The molecule has 0 rings (SSSR count). The lowest BCUT2D eigenvalue weighted by molar-refractivity contribution is 1.92. The summed E-state index contributed by atoms with van der Waals surface area (Å²) in [5.41, 5.74) is 3.15. The Labute approximate surface area is 46.6 Å². The van der Waals surface area contributed by atoms with E-state index in [1.165, 1.54) is 0 Å². The molecule has 0 atom stereocenters. The van der Waals surface area contributed by atoms with Gasteiger partial charge in [-0.05, 0) is 0 Å². The second-order valence-electron chi connectivity index (χ2n) is 2.37. The van der Waals surface area contributed by atoms with Crippen LogP contribution in [0.4, 0.5) is 0 Å². The fourth-order valence-electron chi connectivity index (χ4n) is 0.335. The molecule has 0 aromatic rings. The molecule has 0 aliphatic heterocycles. The number of hydrogen-bond donors (Lipinski definition) is 0. The summed E-state index contributed by atoms with van der Waals surface area (Å²) in [7, 11) is -0.777. The Bertz CT molecular complexity index is 97.6. The van der Waals surface area contributed by atoms with E-state index in [2.05, 4.69) is 31.6 Å². The summed E-state index contributed by atoms with van der Waals surface area (Å²) < 4.78 is 0. The van der Waals surface area contributed by atoms with Gasteiger partial charge < -0.3 is 0 Å². The number of rotatable bonds is 0. The lowest BCUT2D eigenvalue weighted by atomic mass is 10.8. The average molecular weight is 115 g/mol. The smallest absolute Gasteiger partial charge is 0.0636 e. The Balaban J connectivity index is 3.72. The van der Waals surface area contributed by atoms with Gasteiger partial charge in [0, 0.05) is 6.92 Å². The van der Waals surface area contributed by atoms with Crippen molar-refractivity contribution in [3.05, 3.63) is 0 Å². The molecule has 0 saturated carbocycles. The molecule has 0 saturated heterocycles. The molecule has 0 aromatic heterocycles. The average Bonchev–Trinajstić information content (AvgIpc) is 1.30. The van der Waals surface area contributed by atoms with Crippen molar-refractivity contribution in [2.75, 3.05) is 20.0 Å². The van der Waals surface area contributed by atoms with Gasteiger partial charge in [-0.25, -0.2) is 0 Å². The molecular weight excluding hydrogens is 103 g/mol. The van der Waals surface area contributed by atoms with Crippen LogP contribution in [0, 0.1) is 11.6 Å². The highest BCUT2D eigenvalue weighted by Gasteiger charge is 2.10. The van der Waals surface area contributed by atoms with Crippen molar-refractivity contribution in [2.24, 2.45) is 0 Å². The second kappa shape index (κ2) is 2.34. The summed E-state index contributed by atoms with van der Waals surface area (Å²) in [5, 5.41) is 0. The Morgan fingerprint density at radius 3 is 1.57 bits per heavy atom. The second-order valence-corrected chi connectivity index (χ2v) is 6.62. The summed E-state index contributed by atoms with van der Waals surface area (Å²) in [6.07, 6.45) is 0. The maximum Gasteiger partial charge on any atom is 0.0830 e. The summed E-state index contributed by atoms with van der Waals surface area (Å²) >= 11 is 0. The van der Waals surface area contributed by atoms with E-state index in [9.17, 15) is 0 Å². The monoisotopic (exact) mass is 115 g/mol. The van der Waals surface area contributed by atoms with Crippen molar-refractivity contribution < 1.29 is 0 Å². The molecule has 0 unspecified atom stereocenters. The molecule has 0 N–H and O–H groups in total. The molecule has 1 heteroatoms. The fourth-order valence-corrected chi connectivity index (χ4v) is 1.01. The fraction of sp³-hybridized carbons (Fsp3) is 0.667. The van der Waals surface area contributed by atoms with Crippen molar-refractivity contribution in [3.63, 3.8) is 0 Å². The topological polar surface area (TPSA) is 0 Å². The van der Waals surface area contributed by atoms with Crippen LogP contribution in [0.15, 0.2) is 0 Å². The van der Waals surface area contributed by atoms with Gasteiger partial charge >= 0.3 is 0 Å². The van der Waals surface area contributed by atoms with Crippen LogP contribution in [0.5, 0.6) is 0 Å². The van der Waals surface area contributed by atoms with Crippen LogP contribution in [-0.4, -0.2) is 20.0 Å². The third-order valence-corrected chi connectivity index (χ3v) is 1.34. The molecule has 0 aliphatic carbocycles. The van der Waals surface area contributed by atoms with Crippen molar-refractivity contribution in [1.29, 1.82) is 0 Å². The molecule has 0 amide bonds. The zero-order valence-corrected chi connectivity index (χ0v) is 6.34. The van der Waals surface area contributed by atoms with Gasteiger partial charge in [-0.3, -0.25) is 0 Å². The third-order valence-electron chi connectivity index (χ3n) is 0.447. The molecule has 0 bridgehead atoms. The van der Waals surface area contributed by atoms with E-state index in [4.69, 9.17) is 0 Å². The molecule has 0 aliphatic rings. The summed E-state index contributed by atoms with van der Waals surface area (Å²) in [6, 6.07) is 0. The molecule has 0 heterocycles. The van der Waals surface area contributed by atoms with Gasteiger partial charge in [-0.1, -0.05) is 5.92 Å². The summed E-state index contributed by atoms with van der Waals surface area (Å²) in [4.78, 5) is 0. The highest BCUT2D eigenvalue weighted by atomic mass is 31.2. The van der Waals surface area contributed by atoms with E-state index in [1.54, 1.807) is 0 Å². The van der Waals surface area contributed by atoms with Crippen LogP contribution in [0.1, 0.15) is 6.92 Å². The third kappa shape index (κ3) is 5.99. The van der Waals surface area contributed by atoms with Crippen LogP contribution in [-0.2, 0) is 0 Å². The molecule has 0 spiro atoms. The molecule has 0 radical (unpaired) electrons. The Morgan fingerprint density at radius 2 is 1.57 bits per heavy atom. The van der Waals surface area contributed by atoms with Gasteiger partial charge in [0.25, 0.3) is 0 Å². The van der Waals surface area contributed by atoms with Gasteiger partial charge in [0.1, 0.15) is 0 Å². The molecule has 40 valence electrons. The molecule has 0 aromatic carbocycles. The minimum atomic E-state index is -0.777. The van der Waals surface area contributed by atoms with Gasteiger partial charge in [0.05, 0.1) is 32.9 Å². The number of hydrogen-bond acceptors (Lipinski definition) is 0. The predicted octanol–water partition coefficient (Wildman–Crippen LogP) is 1.87. The van der Waals surface area contributed by atoms with E-state index in [0.29, 0.717) is 0 Å². The lowest BCUT2D eigenvalue weighted by Crippen LogP contribution is -1.75. The van der Waals surface area contributed by atoms with Gasteiger partial charge in [0.2, 0.25) is 0 Å². The normalized spacial score (nSPS) is 9.71. The maximum absolute atomic E-state index is 3.15. The molecule has 7 heavy (non-hydrogen) atoms. The van der Waals surface area contributed by atoms with E-state index >= 15 is 0 Å². The zero-order chi connectivity index (χ0) is 5.91. The van der Waals surface area contributed by atoms with Gasteiger partial charge in [-0.2, -0.15) is 0 Å². The standard InChI is InChI=1S/C6H12P/c1-5-6-7(2,3)4/h1-4H3/q+1. The molecule has 0 nitrogen and oxygen atoms in total.